The van der Waals surface area contributed by atoms with Gasteiger partial charge < -0.3 is 0 Å². The van der Waals surface area contributed by atoms with Crippen LogP contribution in [0.15, 0.2) is 18.2 Å². The van der Waals surface area contributed by atoms with E-state index in [2.05, 4.69) is 39.0 Å². The van der Waals surface area contributed by atoms with Crippen LogP contribution in [0.4, 0.5) is 0 Å². The molecule has 1 aromatic carbocycles. The van der Waals surface area contributed by atoms with Crippen molar-refractivity contribution in [2.75, 3.05) is 0 Å². The number of hydrogen-bond acceptors (Lipinski definition) is 0. The van der Waals surface area contributed by atoms with Crippen LogP contribution in [0.1, 0.15) is 70.4 Å². The first-order chi connectivity index (χ1) is 9.86. The van der Waals surface area contributed by atoms with Gasteiger partial charge in [0, 0.05) is 0 Å². The summed E-state index contributed by atoms with van der Waals surface area (Å²) < 4.78 is 0. The van der Waals surface area contributed by atoms with Crippen LogP contribution in [0, 0.1) is 17.8 Å². The lowest BCUT2D eigenvalue weighted by molar-refractivity contribution is -0.00476. The smallest absolute Gasteiger partial charge is 0.0930 e. The van der Waals surface area contributed by atoms with E-state index in [4.69, 9.17) is 7.85 Å². The van der Waals surface area contributed by atoms with Gasteiger partial charge in [0.1, 0.15) is 7.85 Å². The fourth-order valence-electron chi connectivity index (χ4n) is 5.92. The normalized spacial score (nSPS) is 38.0. The second kappa shape index (κ2) is 4.40. The zero-order chi connectivity index (χ0) is 14.8. The van der Waals surface area contributed by atoms with Crippen molar-refractivity contribution in [1.29, 1.82) is 0 Å². The summed E-state index contributed by atoms with van der Waals surface area (Å²) in [6.45, 7) is 6.92. The molecule has 0 saturated heterocycles. The Kier molecular flexibility index (Phi) is 2.91. The van der Waals surface area contributed by atoms with Gasteiger partial charge >= 0.3 is 0 Å². The second-order valence-electron chi connectivity index (χ2n) is 9.25. The Morgan fingerprint density at radius 3 is 1.95 bits per heavy atom. The van der Waals surface area contributed by atoms with Crippen molar-refractivity contribution in [2.45, 2.75) is 70.1 Å². The van der Waals surface area contributed by atoms with Crippen molar-refractivity contribution in [2.24, 2.45) is 17.8 Å². The molecule has 0 aromatic heterocycles. The van der Waals surface area contributed by atoms with E-state index in [0.29, 0.717) is 5.41 Å². The molecule has 21 heavy (non-hydrogen) atoms. The minimum atomic E-state index is 0.213. The lowest BCUT2D eigenvalue weighted by Gasteiger charge is -2.57. The molecule has 0 unspecified atom stereocenters. The molecule has 110 valence electrons. The summed E-state index contributed by atoms with van der Waals surface area (Å²) in [6, 6.07) is 6.87. The van der Waals surface area contributed by atoms with Crippen molar-refractivity contribution < 1.29 is 0 Å². The lowest BCUT2D eigenvalue weighted by Crippen LogP contribution is -2.50. The van der Waals surface area contributed by atoms with Crippen LogP contribution in [0.5, 0.6) is 0 Å². The van der Waals surface area contributed by atoms with Crippen LogP contribution in [0.3, 0.4) is 0 Å². The fourth-order valence-corrected chi connectivity index (χ4v) is 5.92. The van der Waals surface area contributed by atoms with Gasteiger partial charge in [-0.25, -0.2) is 0 Å². The third-order valence-electron chi connectivity index (χ3n) is 6.53. The van der Waals surface area contributed by atoms with Gasteiger partial charge in [-0.15, -0.1) is 0 Å². The molecule has 4 saturated carbocycles. The highest BCUT2D eigenvalue weighted by molar-refractivity contribution is 6.33. The molecule has 0 amide bonds. The van der Waals surface area contributed by atoms with Gasteiger partial charge in [0.15, 0.2) is 0 Å². The molecule has 4 aliphatic rings. The summed E-state index contributed by atoms with van der Waals surface area (Å²) in [5.41, 5.74) is 4.62. The lowest BCUT2D eigenvalue weighted by atomic mass is 9.47. The highest BCUT2D eigenvalue weighted by Gasteiger charge is 2.51. The molecule has 4 fully saturated rings. The van der Waals surface area contributed by atoms with E-state index in [1.807, 2.05) is 0 Å². The summed E-state index contributed by atoms with van der Waals surface area (Å²) in [4.78, 5) is 0. The van der Waals surface area contributed by atoms with E-state index < -0.39 is 0 Å². The topological polar surface area (TPSA) is 0 Å². The van der Waals surface area contributed by atoms with Crippen LogP contribution >= 0.6 is 0 Å². The van der Waals surface area contributed by atoms with E-state index in [0.717, 1.165) is 23.2 Å². The van der Waals surface area contributed by atoms with Gasteiger partial charge in [-0.2, -0.15) is 0 Å². The summed E-state index contributed by atoms with van der Waals surface area (Å²) in [5.74, 6) is 2.94. The van der Waals surface area contributed by atoms with Crippen molar-refractivity contribution >= 4 is 13.3 Å². The third kappa shape index (κ3) is 2.19. The predicted molar refractivity (Wildman–Crippen MR) is 90.4 cm³/mol. The largest absolute Gasteiger partial charge is 0.114 e. The monoisotopic (exact) mass is 278 g/mol. The van der Waals surface area contributed by atoms with E-state index >= 15 is 0 Å². The van der Waals surface area contributed by atoms with Crippen LogP contribution in [-0.2, 0) is 10.8 Å². The maximum Gasteiger partial charge on any atom is 0.114 e. The SMILES string of the molecule is [B]c1ccc(C(C)(C)C)cc1C12CC3CC(CC(C3)C1)C2. The first-order valence-corrected chi connectivity index (χ1v) is 8.76. The molecule has 1 aromatic rings. The molecule has 4 aliphatic carbocycles. The van der Waals surface area contributed by atoms with Crippen LogP contribution in [0.2, 0.25) is 0 Å². The number of hydrogen-bond donors (Lipinski definition) is 0. The highest BCUT2D eigenvalue weighted by Crippen LogP contribution is 2.60. The third-order valence-corrected chi connectivity index (χ3v) is 6.53. The molecule has 1 heteroatoms. The molecule has 0 aliphatic heterocycles. The quantitative estimate of drug-likeness (QED) is 0.674. The summed E-state index contributed by atoms with van der Waals surface area (Å²) in [6.07, 6.45) is 8.69. The molecule has 5 rings (SSSR count). The molecule has 4 bridgehead atoms. The predicted octanol–water partition coefficient (Wildman–Crippen LogP) is 4.25. The summed E-state index contributed by atoms with van der Waals surface area (Å²) >= 11 is 0. The molecule has 0 heterocycles. The first kappa shape index (κ1) is 13.9. The molecule has 0 nitrogen and oxygen atoms in total. The molecule has 0 atom stereocenters. The summed E-state index contributed by atoms with van der Waals surface area (Å²) in [5, 5.41) is 0. The average Bonchev–Trinajstić information content (AvgIpc) is 2.35. The van der Waals surface area contributed by atoms with Crippen molar-refractivity contribution in [3.63, 3.8) is 0 Å². The fraction of sp³-hybridized carbons (Fsp3) is 0.700. The zero-order valence-corrected chi connectivity index (χ0v) is 13.8. The second-order valence-corrected chi connectivity index (χ2v) is 9.25. The first-order valence-electron chi connectivity index (χ1n) is 8.76. The maximum absolute atomic E-state index is 6.45. The molecular formula is C20H27B. The Balaban J connectivity index is 1.79. The highest BCUT2D eigenvalue weighted by atomic mass is 14.6. The van der Waals surface area contributed by atoms with E-state index in [-0.39, 0.29) is 5.41 Å². The van der Waals surface area contributed by atoms with Crippen molar-refractivity contribution in [1.82, 2.24) is 0 Å². The van der Waals surface area contributed by atoms with Gasteiger partial charge in [0.2, 0.25) is 0 Å². The van der Waals surface area contributed by atoms with Gasteiger partial charge in [-0.1, -0.05) is 44.4 Å². The Bertz CT molecular complexity index is 528. The molecular weight excluding hydrogens is 251 g/mol. The Labute approximate surface area is 131 Å². The maximum atomic E-state index is 6.45. The summed E-state index contributed by atoms with van der Waals surface area (Å²) in [7, 11) is 6.45. The number of rotatable bonds is 1. The van der Waals surface area contributed by atoms with Crippen LogP contribution < -0.4 is 5.46 Å². The van der Waals surface area contributed by atoms with Gasteiger partial charge in [-0.3, -0.25) is 0 Å². The standard InChI is InChI=1S/C20H27B/c1-19(2,3)16-4-5-18(21)17(9-16)20-10-13-6-14(11-20)8-15(7-13)12-20/h4-5,9,13-15H,6-8,10-12H2,1-3H3. The van der Waals surface area contributed by atoms with Gasteiger partial charge in [-0.05, 0) is 78.2 Å². The number of benzene rings is 1. The van der Waals surface area contributed by atoms with E-state index in [9.17, 15) is 0 Å². The minimum Gasteiger partial charge on any atom is -0.0930 e. The van der Waals surface area contributed by atoms with Crippen molar-refractivity contribution in [3.05, 3.63) is 29.3 Å². The van der Waals surface area contributed by atoms with Crippen molar-refractivity contribution in [3.8, 4) is 0 Å². The zero-order valence-electron chi connectivity index (χ0n) is 13.8. The molecule has 0 N–H and O–H groups in total. The Hall–Kier alpha value is -0.715. The molecule has 2 radical (unpaired) electrons. The molecule has 0 spiro atoms. The van der Waals surface area contributed by atoms with Crippen LogP contribution in [-0.4, -0.2) is 7.85 Å². The van der Waals surface area contributed by atoms with E-state index in [1.165, 1.54) is 49.7 Å². The van der Waals surface area contributed by atoms with E-state index in [1.54, 1.807) is 0 Å². The van der Waals surface area contributed by atoms with Crippen LogP contribution in [0.25, 0.3) is 0 Å². The Morgan fingerprint density at radius 2 is 1.48 bits per heavy atom. The minimum absolute atomic E-state index is 0.213. The Morgan fingerprint density at radius 1 is 0.952 bits per heavy atom. The average molecular weight is 278 g/mol. The van der Waals surface area contributed by atoms with Gasteiger partial charge in [0.05, 0.1) is 0 Å². The van der Waals surface area contributed by atoms with Gasteiger partial charge in [0.25, 0.3) is 0 Å².